The van der Waals surface area contributed by atoms with Crippen molar-refractivity contribution in [1.82, 2.24) is 26.6 Å². The van der Waals surface area contributed by atoms with Crippen LogP contribution in [0.2, 0.25) is 0 Å². The number of aliphatic hydroxyl groups is 9. The molecule has 0 bridgehead atoms. The fourth-order valence-corrected chi connectivity index (χ4v) is 11.0. The molecule has 0 spiro atoms. The van der Waals surface area contributed by atoms with Gasteiger partial charge in [-0.2, -0.15) is 0 Å². The number of carbonyl (C=O) groups is 5. The Balaban J connectivity index is 1.55. The number of amides is 5. The number of hydrogen-bond acceptors (Lipinski definition) is 24. The zero-order valence-electron chi connectivity index (χ0n) is 57.5. The highest BCUT2D eigenvalue weighted by atomic mass is 16.7. The number of hydrogen-bond donors (Lipinski definition) is 14. The van der Waals surface area contributed by atoms with Gasteiger partial charge in [-0.05, 0) is 71.6 Å². The second-order valence-corrected chi connectivity index (χ2v) is 25.9. The highest BCUT2D eigenvalue weighted by Crippen LogP contribution is 2.30. The van der Waals surface area contributed by atoms with Crippen molar-refractivity contribution in [2.45, 2.75) is 261 Å². The van der Waals surface area contributed by atoms with Gasteiger partial charge in [0.2, 0.25) is 29.5 Å². The van der Waals surface area contributed by atoms with Gasteiger partial charge in [0.15, 0.2) is 18.9 Å². The molecule has 29 heteroatoms. The fraction of sp³-hybridized carbons (Fsp3) is 0.924. The van der Waals surface area contributed by atoms with Gasteiger partial charge in [-0.15, -0.1) is 0 Å². The first kappa shape index (κ1) is 85.8. The zero-order valence-corrected chi connectivity index (χ0v) is 57.5. The molecule has 15 atom stereocenters. The summed E-state index contributed by atoms with van der Waals surface area (Å²) in [6.07, 6.45) is 1.13. The Morgan fingerprint density at radius 3 is 0.958 bits per heavy atom. The molecule has 3 aliphatic heterocycles. The minimum absolute atomic E-state index is 0.00727. The van der Waals surface area contributed by atoms with Crippen LogP contribution in [-0.4, -0.2) is 273 Å². The van der Waals surface area contributed by atoms with Crippen molar-refractivity contribution in [2.24, 2.45) is 17.8 Å². The molecule has 3 aliphatic rings. The van der Waals surface area contributed by atoms with E-state index in [-0.39, 0.29) is 108 Å². The molecule has 556 valence electrons. The van der Waals surface area contributed by atoms with Crippen molar-refractivity contribution in [3.63, 3.8) is 0 Å². The zero-order chi connectivity index (χ0) is 69.8. The average Bonchev–Trinajstić information content (AvgIpc) is 0.853. The van der Waals surface area contributed by atoms with Crippen LogP contribution in [0.1, 0.15) is 176 Å². The number of aliphatic hydroxyl groups excluding tert-OH is 9. The maximum absolute atomic E-state index is 13.8. The summed E-state index contributed by atoms with van der Waals surface area (Å²) in [5.41, 5.74) is -1.37. The van der Waals surface area contributed by atoms with Crippen molar-refractivity contribution in [1.29, 1.82) is 0 Å². The van der Waals surface area contributed by atoms with Crippen LogP contribution in [0.4, 0.5) is 0 Å². The molecule has 3 saturated heterocycles. The Labute approximate surface area is 562 Å². The summed E-state index contributed by atoms with van der Waals surface area (Å²) in [7, 11) is 0. The molecule has 14 N–H and O–H groups in total. The average molecular weight is 1370 g/mol. The first-order valence-corrected chi connectivity index (χ1v) is 35.1. The van der Waals surface area contributed by atoms with Gasteiger partial charge in [-0.3, -0.25) is 24.0 Å². The lowest BCUT2D eigenvalue weighted by Crippen LogP contribution is -2.58. The molecule has 0 radical (unpaired) electrons. The summed E-state index contributed by atoms with van der Waals surface area (Å²) in [5, 5.41) is 104. The topological polar surface area (TPSA) is 420 Å². The van der Waals surface area contributed by atoms with Crippen LogP contribution in [0.15, 0.2) is 0 Å². The number of carbonyl (C=O) groups excluding carboxylic acids is 5. The molecule has 0 aromatic heterocycles. The normalized spacial score (nSPS) is 26.8. The monoisotopic (exact) mass is 1370 g/mol. The Hall–Kier alpha value is -3.41. The van der Waals surface area contributed by atoms with Gasteiger partial charge in [0, 0.05) is 102 Å². The van der Waals surface area contributed by atoms with Gasteiger partial charge in [0.05, 0.1) is 83.9 Å². The molecule has 29 nitrogen and oxygen atoms in total. The lowest BCUT2D eigenvalue weighted by molar-refractivity contribution is -0.282. The van der Waals surface area contributed by atoms with Crippen LogP contribution in [0.25, 0.3) is 0 Å². The standard InChI is InChI=1S/C66H123N5O24/c1-45(2)89-32-18-10-6-14-28-67-52(75)23-22-24-56(79)71-66(42-86-36-25-53(76)68-29-15-7-11-19-33-90-63-46(3)57(80)60(83)49(39-72)93-63,43-87-37-26-54(77)69-30-16-8-12-20-34-91-64-47(4)58(81)61(84)50(40-73)94-64)44-88-38-27-55(78)70-31-17-9-13-21-35-92-65-48(5)59(82)62(85)51(41-74)95-65/h45-51,57-65,72-74,80-85H,6-44H2,1-5H3,(H,67,75)(H,68,76)(H,69,77)(H,70,78)(H,71,79)/t46?,47?,48?,49?,50?,51?,57-,58-,59-,60+,61+,62+,63-,64-,65-,66?/m1/s1. The smallest absolute Gasteiger partial charge is 0.222 e. The minimum Gasteiger partial charge on any atom is -0.394 e. The third-order valence-corrected chi connectivity index (χ3v) is 17.2. The third-order valence-electron chi connectivity index (χ3n) is 17.2. The minimum atomic E-state index is -1.37. The molecule has 0 aliphatic carbocycles. The van der Waals surface area contributed by atoms with E-state index in [1.807, 2.05) is 13.8 Å². The number of ether oxygens (including phenoxy) is 10. The highest BCUT2D eigenvalue weighted by Gasteiger charge is 2.45. The van der Waals surface area contributed by atoms with Crippen LogP contribution in [0.5, 0.6) is 0 Å². The third kappa shape index (κ3) is 35.5. The van der Waals surface area contributed by atoms with Crippen molar-refractivity contribution < 1.29 is 117 Å². The van der Waals surface area contributed by atoms with Gasteiger partial charge in [0.25, 0.3) is 0 Å². The number of unbranched alkanes of at least 4 members (excludes halogenated alkanes) is 12. The fourth-order valence-electron chi connectivity index (χ4n) is 11.0. The van der Waals surface area contributed by atoms with Crippen molar-refractivity contribution in [2.75, 3.05) is 112 Å². The van der Waals surface area contributed by atoms with Gasteiger partial charge in [-0.25, -0.2) is 0 Å². The van der Waals surface area contributed by atoms with Crippen LogP contribution < -0.4 is 26.6 Å². The van der Waals surface area contributed by atoms with Crippen LogP contribution in [-0.2, 0) is 71.3 Å². The Bertz CT molecular complexity index is 1860. The lowest BCUT2D eigenvalue weighted by Gasteiger charge is -2.40. The molecular weight excluding hydrogens is 1250 g/mol. The Kier molecular flexibility index (Phi) is 45.9. The molecule has 5 amide bonds. The van der Waals surface area contributed by atoms with Gasteiger partial charge in [-0.1, -0.05) is 72.1 Å². The van der Waals surface area contributed by atoms with E-state index in [2.05, 4.69) is 26.6 Å². The van der Waals surface area contributed by atoms with E-state index in [0.717, 1.165) is 64.2 Å². The van der Waals surface area contributed by atoms with E-state index >= 15 is 0 Å². The summed E-state index contributed by atoms with van der Waals surface area (Å²) in [6.45, 7) is 10.6. The van der Waals surface area contributed by atoms with Gasteiger partial charge < -0.3 is 120 Å². The summed E-state index contributed by atoms with van der Waals surface area (Å²) >= 11 is 0. The van der Waals surface area contributed by atoms with E-state index in [1.54, 1.807) is 20.8 Å². The summed E-state index contributed by atoms with van der Waals surface area (Å²) in [4.78, 5) is 65.6. The SMILES string of the molecule is CC(C)OCCCCCCNC(=O)CCCC(=O)NC(COCCC(=O)NCCCCCCO[C@@H]1OC(CO)[C@H](O)[C@H](O)C1C)(COCCC(=O)NCCCCCCO[C@@H]1OC(CO)[C@H](O)[C@H](O)C1C)COCCC(=O)NCCCCCCO[C@@H]1OC(CO)[C@H](O)[C@H](O)C1C. The van der Waals surface area contributed by atoms with E-state index in [9.17, 15) is 69.9 Å². The Morgan fingerprint density at radius 1 is 0.368 bits per heavy atom. The Morgan fingerprint density at radius 2 is 0.653 bits per heavy atom. The maximum atomic E-state index is 13.8. The first-order chi connectivity index (χ1) is 45.7. The molecular formula is C66H123N5O24. The van der Waals surface area contributed by atoms with E-state index in [1.165, 1.54) is 0 Å². The van der Waals surface area contributed by atoms with Crippen molar-refractivity contribution in [3.05, 3.63) is 0 Å². The molecule has 95 heavy (non-hydrogen) atoms. The summed E-state index contributed by atoms with van der Waals surface area (Å²) in [5.74, 6) is -2.81. The number of rotatable bonds is 55. The predicted molar refractivity (Wildman–Crippen MR) is 347 cm³/mol. The van der Waals surface area contributed by atoms with Crippen LogP contribution in [0, 0.1) is 17.8 Å². The van der Waals surface area contributed by atoms with E-state index in [0.29, 0.717) is 91.1 Å². The van der Waals surface area contributed by atoms with Gasteiger partial charge in [0.1, 0.15) is 42.2 Å². The van der Waals surface area contributed by atoms with Gasteiger partial charge >= 0.3 is 0 Å². The molecule has 6 unspecified atom stereocenters. The van der Waals surface area contributed by atoms with Crippen LogP contribution >= 0.6 is 0 Å². The molecule has 0 aromatic carbocycles. The molecule has 3 rings (SSSR count). The first-order valence-electron chi connectivity index (χ1n) is 35.1. The van der Waals surface area contributed by atoms with Crippen molar-refractivity contribution in [3.8, 4) is 0 Å². The molecule has 3 fully saturated rings. The summed E-state index contributed by atoms with van der Waals surface area (Å²) in [6, 6.07) is 0. The highest BCUT2D eigenvalue weighted by molar-refractivity contribution is 5.79. The lowest BCUT2D eigenvalue weighted by atomic mass is 9.92. The molecule has 3 heterocycles. The van der Waals surface area contributed by atoms with Crippen LogP contribution in [0.3, 0.4) is 0 Å². The second kappa shape index (κ2) is 50.8. The largest absolute Gasteiger partial charge is 0.394 e. The molecule has 0 saturated carbocycles. The van der Waals surface area contributed by atoms with Crippen molar-refractivity contribution >= 4 is 29.5 Å². The summed E-state index contributed by atoms with van der Waals surface area (Å²) < 4.78 is 58.2. The predicted octanol–water partition coefficient (Wildman–Crippen LogP) is 0.638. The second-order valence-electron chi connectivity index (χ2n) is 25.9. The quantitative estimate of drug-likeness (QED) is 0.0372. The van der Waals surface area contributed by atoms with E-state index in [4.69, 9.17) is 47.4 Å². The molecule has 0 aromatic rings. The number of nitrogens with one attached hydrogen (secondary N) is 5. The maximum Gasteiger partial charge on any atom is 0.222 e. The van der Waals surface area contributed by atoms with E-state index < -0.39 is 123 Å².